The van der Waals surface area contributed by atoms with E-state index in [4.69, 9.17) is 16.3 Å². The highest BCUT2D eigenvalue weighted by Crippen LogP contribution is 2.31. The molecule has 0 saturated heterocycles. The normalized spacial score (nSPS) is 18.4. The maximum atomic E-state index is 13.6. The van der Waals surface area contributed by atoms with E-state index in [1.807, 2.05) is 6.92 Å². The van der Waals surface area contributed by atoms with E-state index in [9.17, 15) is 23.1 Å². The first-order chi connectivity index (χ1) is 19.0. The Hall–Kier alpha value is -3.51. The lowest BCUT2D eigenvalue weighted by Crippen LogP contribution is -2.50. The molecule has 3 aromatic rings. The molecule has 0 radical (unpaired) electrons. The van der Waals surface area contributed by atoms with Crippen LogP contribution in [-0.2, 0) is 10.0 Å². The number of carbonyl (C=O) groups excluding carboxylic acids is 2. The molecule has 1 aliphatic heterocycles. The van der Waals surface area contributed by atoms with Crippen LogP contribution in [0.5, 0.6) is 5.75 Å². The number of sulfonamides is 1. The molecule has 0 saturated carbocycles. The van der Waals surface area contributed by atoms with E-state index in [-0.39, 0.29) is 53.6 Å². The van der Waals surface area contributed by atoms with E-state index >= 15 is 0 Å². The van der Waals surface area contributed by atoms with E-state index in [1.54, 1.807) is 36.1 Å². The number of amides is 2. The van der Waals surface area contributed by atoms with E-state index in [1.165, 1.54) is 54.1 Å². The van der Waals surface area contributed by atoms with Crippen molar-refractivity contribution in [2.45, 2.75) is 30.9 Å². The van der Waals surface area contributed by atoms with Crippen LogP contribution in [0, 0.1) is 5.92 Å². The van der Waals surface area contributed by atoms with Crippen LogP contribution in [0.1, 0.15) is 34.6 Å². The average Bonchev–Trinajstić information content (AvgIpc) is 2.95. The largest absolute Gasteiger partial charge is 0.488 e. The van der Waals surface area contributed by atoms with E-state index in [0.717, 1.165) is 0 Å². The Morgan fingerprint density at radius 3 is 2.52 bits per heavy atom. The smallest absolute Gasteiger partial charge is 0.258 e. The number of rotatable bonds is 8. The molecule has 212 valence electrons. The molecule has 0 bridgehead atoms. The summed E-state index contributed by atoms with van der Waals surface area (Å²) in [5, 5.41) is 13.1. The molecular formula is C28H31ClN4O6S. The number of benzene rings is 2. The number of halogens is 1. The third-order valence-corrected chi connectivity index (χ3v) is 8.91. The van der Waals surface area contributed by atoms with Gasteiger partial charge in [-0.2, -0.15) is 4.31 Å². The number of anilines is 1. The van der Waals surface area contributed by atoms with Gasteiger partial charge in [-0.25, -0.2) is 8.42 Å². The molecule has 2 heterocycles. The van der Waals surface area contributed by atoms with Gasteiger partial charge in [-0.1, -0.05) is 18.5 Å². The number of nitrogens with one attached hydrogen (secondary N) is 1. The Balaban J connectivity index is 1.65. The summed E-state index contributed by atoms with van der Waals surface area (Å²) in [5.74, 6) is -0.789. The number of pyridine rings is 1. The Morgan fingerprint density at radius 1 is 1.20 bits per heavy atom. The molecule has 4 rings (SSSR count). The van der Waals surface area contributed by atoms with Crippen LogP contribution in [0.3, 0.4) is 0 Å². The first-order valence-corrected chi connectivity index (χ1v) is 14.5. The van der Waals surface area contributed by atoms with Gasteiger partial charge in [0, 0.05) is 48.2 Å². The highest BCUT2D eigenvalue weighted by atomic mass is 35.5. The number of carbonyl (C=O) groups is 2. The van der Waals surface area contributed by atoms with Crippen LogP contribution < -0.4 is 10.1 Å². The van der Waals surface area contributed by atoms with Gasteiger partial charge < -0.3 is 20.1 Å². The zero-order chi connectivity index (χ0) is 29.0. The van der Waals surface area contributed by atoms with E-state index in [0.29, 0.717) is 16.3 Å². The predicted molar refractivity (Wildman–Crippen MR) is 151 cm³/mol. The number of hydrogen-bond acceptors (Lipinski definition) is 7. The molecule has 0 fully saturated rings. The van der Waals surface area contributed by atoms with Gasteiger partial charge in [0.1, 0.15) is 11.9 Å². The standard InChI is InChI=1S/C28H31ClN4O6S/c1-18-15-33(19(2)17-34)28(36)24-14-22(31-27(35)20-10-12-30-13-11-20)6-9-25(24)39-26(18)16-32(3)40(37,38)23-7-4-21(29)5-8-23/h4-14,18-19,26,34H,15-17H2,1-3H3,(H,31,35)/t18-,19+,26+/m1/s1. The molecule has 10 nitrogen and oxygen atoms in total. The first kappa shape index (κ1) is 29.5. The van der Waals surface area contributed by atoms with Crippen LogP contribution in [0.15, 0.2) is 71.9 Å². The summed E-state index contributed by atoms with van der Waals surface area (Å²) >= 11 is 5.93. The average molecular weight is 587 g/mol. The fourth-order valence-corrected chi connectivity index (χ4v) is 5.67. The third-order valence-electron chi connectivity index (χ3n) is 6.82. The Labute approximate surface area is 238 Å². The quantitative estimate of drug-likeness (QED) is 0.413. The van der Waals surface area contributed by atoms with Gasteiger partial charge in [0.2, 0.25) is 10.0 Å². The molecule has 0 unspecified atom stereocenters. The SMILES string of the molecule is C[C@@H]1CN([C@@H](C)CO)C(=O)c2cc(NC(=O)c3ccncc3)ccc2O[C@H]1CN(C)S(=O)(=O)c1ccc(Cl)cc1. The van der Waals surface area contributed by atoms with Crippen LogP contribution in [-0.4, -0.2) is 78.4 Å². The fourth-order valence-electron chi connectivity index (χ4n) is 4.36. The van der Waals surface area contributed by atoms with Crippen LogP contribution in [0.25, 0.3) is 0 Å². The lowest BCUT2D eigenvalue weighted by Gasteiger charge is -2.38. The van der Waals surface area contributed by atoms with Crippen molar-refractivity contribution < 1.29 is 27.9 Å². The van der Waals surface area contributed by atoms with Crippen molar-refractivity contribution >= 4 is 39.1 Å². The van der Waals surface area contributed by atoms with Gasteiger partial charge >= 0.3 is 0 Å². The minimum atomic E-state index is -3.85. The fraction of sp³-hybridized carbons (Fsp3) is 0.321. The van der Waals surface area contributed by atoms with E-state index < -0.39 is 22.2 Å². The van der Waals surface area contributed by atoms with Crippen molar-refractivity contribution in [2.24, 2.45) is 5.92 Å². The molecule has 0 aliphatic carbocycles. The van der Waals surface area contributed by atoms with Gasteiger partial charge in [0.05, 0.1) is 29.7 Å². The molecular weight excluding hydrogens is 556 g/mol. The number of ether oxygens (including phenoxy) is 1. The van der Waals surface area contributed by atoms with Gasteiger partial charge in [0.15, 0.2) is 0 Å². The molecule has 3 atom stereocenters. The summed E-state index contributed by atoms with van der Waals surface area (Å²) in [6.07, 6.45) is 2.38. The van der Waals surface area contributed by atoms with Crippen molar-refractivity contribution in [2.75, 3.05) is 32.1 Å². The molecule has 1 aromatic heterocycles. The van der Waals surface area contributed by atoms with Gasteiger partial charge in [-0.3, -0.25) is 14.6 Å². The molecule has 40 heavy (non-hydrogen) atoms. The topological polar surface area (TPSA) is 129 Å². The summed E-state index contributed by atoms with van der Waals surface area (Å²) < 4.78 is 34.0. The van der Waals surface area contributed by atoms with Crippen LogP contribution in [0.4, 0.5) is 5.69 Å². The van der Waals surface area contributed by atoms with Crippen LogP contribution in [0.2, 0.25) is 5.02 Å². The maximum Gasteiger partial charge on any atom is 0.258 e. The zero-order valence-corrected chi connectivity index (χ0v) is 23.9. The highest BCUT2D eigenvalue weighted by Gasteiger charge is 2.35. The van der Waals surface area contributed by atoms with E-state index in [2.05, 4.69) is 10.3 Å². The molecule has 12 heteroatoms. The summed E-state index contributed by atoms with van der Waals surface area (Å²) in [4.78, 5) is 31.9. The lowest BCUT2D eigenvalue weighted by atomic mass is 9.99. The van der Waals surface area contributed by atoms with Gasteiger partial charge in [-0.05, 0) is 61.5 Å². The molecule has 2 aromatic carbocycles. The monoisotopic (exact) mass is 586 g/mol. The lowest BCUT2D eigenvalue weighted by molar-refractivity contribution is 0.0387. The van der Waals surface area contributed by atoms with Crippen molar-refractivity contribution in [1.29, 1.82) is 0 Å². The Bertz CT molecular complexity index is 1470. The Kier molecular flexibility index (Phi) is 9.09. The van der Waals surface area contributed by atoms with Crippen LogP contribution >= 0.6 is 11.6 Å². The number of likely N-dealkylation sites (N-methyl/N-ethyl adjacent to an activating group) is 1. The first-order valence-electron chi connectivity index (χ1n) is 12.7. The molecule has 2 amide bonds. The summed E-state index contributed by atoms with van der Waals surface area (Å²) in [7, 11) is -2.38. The molecule has 0 spiro atoms. The number of hydrogen-bond donors (Lipinski definition) is 2. The second-order valence-corrected chi connectivity index (χ2v) is 12.2. The number of aliphatic hydroxyl groups excluding tert-OH is 1. The summed E-state index contributed by atoms with van der Waals surface area (Å²) in [5.41, 5.74) is 0.966. The summed E-state index contributed by atoms with van der Waals surface area (Å²) in [6, 6.07) is 13.3. The van der Waals surface area contributed by atoms with Gasteiger partial charge in [-0.15, -0.1) is 0 Å². The van der Waals surface area contributed by atoms with Crippen molar-refractivity contribution in [3.05, 3.63) is 83.1 Å². The second kappa shape index (κ2) is 12.3. The second-order valence-electron chi connectivity index (χ2n) is 9.76. The molecule has 2 N–H and O–H groups in total. The zero-order valence-electron chi connectivity index (χ0n) is 22.3. The predicted octanol–water partition coefficient (Wildman–Crippen LogP) is 3.53. The van der Waals surface area contributed by atoms with Crippen molar-refractivity contribution in [3.63, 3.8) is 0 Å². The number of fused-ring (bicyclic) bond motifs is 1. The molecule has 1 aliphatic rings. The minimum Gasteiger partial charge on any atom is -0.488 e. The number of aliphatic hydroxyl groups is 1. The Morgan fingerprint density at radius 2 is 1.88 bits per heavy atom. The van der Waals surface area contributed by atoms with Crippen molar-refractivity contribution in [1.82, 2.24) is 14.2 Å². The minimum absolute atomic E-state index is 0.00162. The number of aromatic nitrogens is 1. The third kappa shape index (κ3) is 6.44. The number of nitrogens with zero attached hydrogens (tertiary/aromatic N) is 3. The summed E-state index contributed by atoms with van der Waals surface area (Å²) in [6.45, 7) is 3.55. The van der Waals surface area contributed by atoms with Crippen molar-refractivity contribution in [3.8, 4) is 5.75 Å². The van der Waals surface area contributed by atoms with Gasteiger partial charge in [0.25, 0.3) is 11.8 Å². The maximum absolute atomic E-state index is 13.6. The highest BCUT2D eigenvalue weighted by molar-refractivity contribution is 7.89.